The topological polar surface area (TPSA) is 69.7 Å². The minimum Gasteiger partial charge on any atom is -0.490 e. The quantitative estimate of drug-likeness (QED) is 0.925. The van der Waals surface area contributed by atoms with Crippen LogP contribution in [0.25, 0.3) is 11.3 Å². The maximum atomic E-state index is 12.1. The molecule has 0 saturated carbocycles. The second-order valence-corrected chi connectivity index (χ2v) is 6.60. The lowest BCUT2D eigenvalue weighted by Gasteiger charge is -2.08. The largest absolute Gasteiger partial charge is 0.490 e. The van der Waals surface area contributed by atoms with Crippen molar-refractivity contribution in [3.05, 3.63) is 23.6 Å². The molecular formula is C17H18N2O4S. The third-order valence-electron chi connectivity index (χ3n) is 4.00. The van der Waals surface area contributed by atoms with Crippen molar-refractivity contribution in [1.82, 2.24) is 4.98 Å². The molecule has 2 aliphatic rings. The normalized spacial score (nSPS) is 19.8. The minimum absolute atomic E-state index is 0.118. The first-order chi connectivity index (χ1) is 11.8. The van der Waals surface area contributed by atoms with E-state index in [1.165, 1.54) is 11.3 Å². The number of fused-ring (bicyclic) bond motifs is 1. The summed E-state index contributed by atoms with van der Waals surface area (Å²) in [5.74, 6) is 1.38. The molecule has 1 fully saturated rings. The van der Waals surface area contributed by atoms with E-state index in [4.69, 9.17) is 14.2 Å². The fraction of sp³-hybridized carbons (Fsp3) is 0.412. The highest BCUT2D eigenvalue weighted by atomic mass is 32.1. The van der Waals surface area contributed by atoms with Crippen LogP contribution >= 0.6 is 11.3 Å². The predicted molar refractivity (Wildman–Crippen MR) is 90.8 cm³/mol. The van der Waals surface area contributed by atoms with Gasteiger partial charge in [0.25, 0.3) is 5.91 Å². The van der Waals surface area contributed by atoms with Crippen LogP contribution in [-0.2, 0) is 9.53 Å². The summed E-state index contributed by atoms with van der Waals surface area (Å²) in [7, 11) is 0. The van der Waals surface area contributed by atoms with E-state index in [2.05, 4.69) is 10.3 Å². The highest BCUT2D eigenvalue weighted by Gasteiger charge is 2.24. The van der Waals surface area contributed by atoms with Gasteiger partial charge in [0, 0.05) is 24.0 Å². The molecule has 1 amide bonds. The third-order valence-corrected chi connectivity index (χ3v) is 4.76. The van der Waals surface area contributed by atoms with Crippen LogP contribution < -0.4 is 14.8 Å². The standard InChI is InChI=1S/C17H18N2O4S/c20-16(14-3-1-6-22-14)19-17-18-12(10-24-17)11-4-5-13-15(9-11)23-8-2-7-21-13/h4-5,9-10,14H,1-3,6-8H2,(H,18,19,20). The number of carbonyl (C=O) groups excluding carboxylic acids is 1. The maximum Gasteiger partial charge on any atom is 0.255 e. The Hall–Kier alpha value is -2.12. The van der Waals surface area contributed by atoms with Crippen LogP contribution in [0.5, 0.6) is 11.5 Å². The predicted octanol–water partition coefficient (Wildman–Crippen LogP) is 3.09. The smallest absolute Gasteiger partial charge is 0.255 e. The summed E-state index contributed by atoms with van der Waals surface area (Å²) in [6, 6.07) is 5.79. The van der Waals surface area contributed by atoms with Crippen LogP contribution in [0.2, 0.25) is 0 Å². The van der Waals surface area contributed by atoms with Gasteiger partial charge in [-0.2, -0.15) is 0 Å². The Morgan fingerprint density at radius 2 is 2.04 bits per heavy atom. The molecule has 4 rings (SSSR count). The van der Waals surface area contributed by atoms with Gasteiger partial charge in [-0.15, -0.1) is 11.3 Å². The number of aromatic nitrogens is 1. The Kier molecular flexibility index (Phi) is 4.36. The number of nitrogens with zero attached hydrogens (tertiary/aromatic N) is 1. The van der Waals surface area contributed by atoms with Crippen LogP contribution in [0.1, 0.15) is 19.3 Å². The monoisotopic (exact) mass is 346 g/mol. The van der Waals surface area contributed by atoms with E-state index in [1.807, 2.05) is 23.6 Å². The lowest BCUT2D eigenvalue weighted by atomic mass is 10.1. The van der Waals surface area contributed by atoms with Gasteiger partial charge in [0.15, 0.2) is 16.6 Å². The zero-order valence-electron chi connectivity index (χ0n) is 13.1. The molecule has 3 heterocycles. The van der Waals surface area contributed by atoms with E-state index < -0.39 is 0 Å². The van der Waals surface area contributed by atoms with Crippen molar-refractivity contribution >= 4 is 22.4 Å². The van der Waals surface area contributed by atoms with E-state index in [0.717, 1.165) is 42.0 Å². The Morgan fingerprint density at radius 1 is 1.17 bits per heavy atom. The zero-order chi connectivity index (χ0) is 16.4. The Balaban J connectivity index is 1.50. The molecule has 1 atom stereocenters. The Labute approximate surface area is 143 Å². The van der Waals surface area contributed by atoms with Gasteiger partial charge in [-0.05, 0) is 31.0 Å². The zero-order valence-corrected chi connectivity index (χ0v) is 13.9. The van der Waals surface area contributed by atoms with Crippen molar-refractivity contribution in [2.45, 2.75) is 25.4 Å². The average Bonchev–Trinajstić information content (AvgIpc) is 3.23. The van der Waals surface area contributed by atoms with Gasteiger partial charge in [-0.25, -0.2) is 4.98 Å². The summed E-state index contributed by atoms with van der Waals surface area (Å²) in [5.41, 5.74) is 1.74. The van der Waals surface area contributed by atoms with E-state index in [-0.39, 0.29) is 12.0 Å². The number of benzene rings is 1. The second kappa shape index (κ2) is 6.78. The fourth-order valence-corrected chi connectivity index (χ4v) is 3.48. The first kappa shape index (κ1) is 15.4. The number of carbonyl (C=O) groups is 1. The second-order valence-electron chi connectivity index (χ2n) is 5.74. The summed E-state index contributed by atoms with van der Waals surface area (Å²) in [4.78, 5) is 16.6. The number of ether oxygens (including phenoxy) is 3. The summed E-state index contributed by atoms with van der Waals surface area (Å²) < 4.78 is 16.7. The summed E-state index contributed by atoms with van der Waals surface area (Å²) in [5, 5.41) is 5.34. The third kappa shape index (κ3) is 3.22. The van der Waals surface area contributed by atoms with Gasteiger partial charge in [-0.3, -0.25) is 10.1 Å². The molecule has 1 unspecified atom stereocenters. The van der Waals surface area contributed by atoms with Crippen molar-refractivity contribution in [3.8, 4) is 22.8 Å². The number of rotatable bonds is 3. The molecule has 0 spiro atoms. The van der Waals surface area contributed by atoms with Crippen LogP contribution in [0.4, 0.5) is 5.13 Å². The molecule has 0 bridgehead atoms. The Morgan fingerprint density at radius 3 is 2.88 bits per heavy atom. The van der Waals surface area contributed by atoms with Crippen LogP contribution in [0.15, 0.2) is 23.6 Å². The molecule has 1 aromatic heterocycles. The molecule has 24 heavy (non-hydrogen) atoms. The lowest BCUT2D eigenvalue weighted by molar-refractivity contribution is -0.124. The number of nitrogens with one attached hydrogen (secondary N) is 1. The SMILES string of the molecule is O=C(Nc1nc(-c2ccc3c(c2)OCCCO3)cs1)C1CCCO1. The van der Waals surface area contributed by atoms with E-state index in [9.17, 15) is 4.79 Å². The van der Waals surface area contributed by atoms with E-state index in [0.29, 0.717) is 25.0 Å². The van der Waals surface area contributed by atoms with E-state index in [1.54, 1.807) is 0 Å². The highest BCUT2D eigenvalue weighted by molar-refractivity contribution is 7.14. The highest BCUT2D eigenvalue weighted by Crippen LogP contribution is 2.35. The van der Waals surface area contributed by atoms with Crippen LogP contribution in [0, 0.1) is 0 Å². The fourth-order valence-electron chi connectivity index (χ4n) is 2.76. The molecule has 2 aromatic rings. The molecule has 1 N–H and O–H groups in total. The molecule has 0 radical (unpaired) electrons. The maximum absolute atomic E-state index is 12.1. The van der Waals surface area contributed by atoms with Crippen molar-refractivity contribution in [1.29, 1.82) is 0 Å². The molecule has 7 heteroatoms. The summed E-state index contributed by atoms with van der Waals surface area (Å²) in [6.45, 7) is 1.97. The molecule has 1 aromatic carbocycles. The minimum atomic E-state index is -0.351. The lowest BCUT2D eigenvalue weighted by Crippen LogP contribution is -2.26. The van der Waals surface area contributed by atoms with Gasteiger partial charge in [0.2, 0.25) is 0 Å². The van der Waals surface area contributed by atoms with Crippen molar-refractivity contribution in [3.63, 3.8) is 0 Å². The van der Waals surface area contributed by atoms with Crippen molar-refractivity contribution in [2.75, 3.05) is 25.1 Å². The molecule has 2 aliphatic heterocycles. The van der Waals surface area contributed by atoms with Crippen LogP contribution in [-0.4, -0.2) is 36.8 Å². The van der Waals surface area contributed by atoms with E-state index >= 15 is 0 Å². The van der Waals surface area contributed by atoms with Gasteiger partial charge in [-0.1, -0.05) is 0 Å². The van der Waals surface area contributed by atoms with Gasteiger partial charge < -0.3 is 14.2 Å². The molecule has 1 saturated heterocycles. The Bertz CT molecular complexity index is 740. The summed E-state index contributed by atoms with van der Waals surface area (Å²) in [6.07, 6.45) is 2.22. The average molecular weight is 346 g/mol. The molecule has 6 nitrogen and oxygen atoms in total. The van der Waals surface area contributed by atoms with Gasteiger partial charge in [0.05, 0.1) is 18.9 Å². The molecular weight excluding hydrogens is 328 g/mol. The number of hydrogen-bond acceptors (Lipinski definition) is 6. The van der Waals surface area contributed by atoms with Gasteiger partial charge >= 0.3 is 0 Å². The number of thiazole rings is 1. The summed E-state index contributed by atoms with van der Waals surface area (Å²) >= 11 is 1.40. The first-order valence-corrected chi connectivity index (χ1v) is 8.95. The molecule has 126 valence electrons. The first-order valence-electron chi connectivity index (χ1n) is 8.07. The number of amides is 1. The molecule has 0 aliphatic carbocycles. The number of hydrogen-bond donors (Lipinski definition) is 1. The van der Waals surface area contributed by atoms with Crippen molar-refractivity contribution in [2.24, 2.45) is 0 Å². The van der Waals surface area contributed by atoms with Gasteiger partial charge in [0.1, 0.15) is 6.10 Å². The van der Waals surface area contributed by atoms with Crippen molar-refractivity contribution < 1.29 is 19.0 Å². The number of anilines is 1. The van der Waals surface area contributed by atoms with Crippen LogP contribution in [0.3, 0.4) is 0 Å².